The third-order valence-corrected chi connectivity index (χ3v) is 8.37. The number of anilines is 1. The topological polar surface area (TPSA) is 89.5 Å². The van der Waals surface area contributed by atoms with Crippen LogP contribution in [0.4, 0.5) is 5.13 Å². The molecule has 0 spiro atoms. The van der Waals surface area contributed by atoms with Gasteiger partial charge in [-0.2, -0.15) is 0 Å². The fourth-order valence-corrected chi connectivity index (χ4v) is 5.36. The Balaban J connectivity index is 1.78. The molecule has 0 atom stereocenters. The first kappa shape index (κ1) is 22.9. The van der Waals surface area contributed by atoms with Gasteiger partial charge in [0, 0.05) is 18.0 Å². The van der Waals surface area contributed by atoms with E-state index in [0.29, 0.717) is 10.9 Å². The number of carbonyl (C=O) groups is 1. The van der Waals surface area contributed by atoms with Crippen LogP contribution in [-0.4, -0.2) is 36.7 Å². The second-order valence-electron chi connectivity index (χ2n) is 7.70. The Labute approximate surface area is 196 Å². The zero-order chi connectivity index (χ0) is 23.6. The molecule has 2 aromatic heterocycles. The van der Waals surface area contributed by atoms with E-state index in [-0.39, 0.29) is 22.9 Å². The number of ether oxygens (including phenoxy) is 1. The number of fused-ring (bicyclic) bond motifs is 1. The maximum Gasteiger partial charge on any atom is 0.260 e. The first-order valence-electron chi connectivity index (χ1n) is 10.3. The number of carbonyl (C=O) groups excluding carboxylic acids is 1. The van der Waals surface area contributed by atoms with Crippen LogP contribution >= 0.6 is 11.3 Å². The van der Waals surface area contributed by atoms with Gasteiger partial charge in [0.2, 0.25) is 0 Å². The highest BCUT2D eigenvalue weighted by Gasteiger charge is 2.25. The third-order valence-electron chi connectivity index (χ3n) is 5.18. The van der Waals surface area contributed by atoms with E-state index < -0.39 is 15.1 Å². The molecular weight excluding hydrogens is 458 g/mol. The van der Waals surface area contributed by atoms with E-state index in [1.807, 2.05) is 30.3 Å². The molecule has 0 bridgehead atoms. The molecule has 0 saturated carbocycles. The Morgan fingerprint density at radius 3 is 2.55 bits per heavy atom. The van der Waals surface area contributed by atoms with E-state index in [0.717, 1.165) is 15.8 Å². The Morgan fingerprint density at radius 1 is 1.09 bits per heavy atom. The summed E-state index contributed by atoms with van der Waals surface area (Å²) in [6, 6.07) is 15.4. The molecule has 7 nitrogen and oxygen atoms in total. The Bertz CT molecular complexity index is 1400. The molecule has 0 unspecified atom stereocenters. The second kappa shape index (κ2) is 9.29. The molecule has 0 aliphatic rings. The number of amides is 1. The predicted molar refractivity (Wildman–Crippen MR) is 130 cm³/mol. The van der Waals surface area contributed by atoms with E-state index >= 15 is 0 Å². The summed E-state index contributed by atoms with van der Waals surface area (Å²) in [6.07, 6.45) is 3.33. The number of hydrogen-bond donors (Lipinski definition) is 0. The van der Waals surface area contributed by atoms with Crippen LogP contribution in [0.15, 0.2) is 71.9 Å². The minimum Gasteiger partial charge on any atom is -0.497 e. The van der Waals surface area contributed by atoms with Crippen LogP contribution in [0.5, 0.6) is 5.75 Å². The maximum atomic E-state index is 13.7. The standard InChI is InChI=1S/C24H23N3O4S2/c1-16(2)33(29,30)20-6-4-5-18(13-20)23(28)27(15-17-9-11-25-12-10-17)24-26-21-8-7-19(31-3)14-22(21)32-24/h4-14,16H,15H2,1-3H3. The highest BCUT2D eigenvalue weighted by Crippen LogP contribution is 2.33. The number of sulfone groups is 1. The predicted octanol–water partition coefficient (Wildman–Crippen LogP) is 4.73. The van der Waals surface area contributed by atoms with E-state index in [4.69, 9.17) is 4.74 Å². The smallest absolute Gasteiger partial charge is 0.260 e. The van der Waals surface area contributed by atoms with Crippen LogP contribution in [0.25, 0.3) is 10.2 Å². The van der Waals surface area contributed by atoms with E-state index in [2.05, 4.69) is 9.97 Å². The van der Waals surface area contributed by atoms with Crippen molar-refractivity contribution >= 4 is 42.4 Å². The molecule has 4 aromatic rings. The van der Waals surface area contributed by atoms with Gasteiger partial charge in [-0.05, 0) is 67.9 Å². The highest BCUT2D eigenvalue weighted by molar-refractivity contribution is 7.92. The lowest BCUT2D eigenvalue weighted by atomic mass is 10.2. The van der Waals surface area contributed by atoms with Gasteiger partial charge in [-0.15, -0.1) is 0 Å². The summed E-state index contributed by atoms with van der Waals surface area (Å²) in [5.41, 5.74) is 1.91. The van der Waals surface area contributed by atoms with Crippen molar-refractivity contribution in [2.45, 2.75) is 30.5 Å². The molecule has 2 heterocycles. The molecule has 1 amide bonds. The molecule has 4 rings (SSSR count). The Kier molecular flexibility index (Phi) is 6.44. The number of hydrogen-bond acceptors (Lipinski definition) is 7. The summed E-state index contributed by atoms with van der Waals surface area (Å²) in [6.45, 7) is 3.50. The number of thiazole rings is 1. The molecular formula is C24H23N3O4S2. The fourth-order valence-electron chi connectivity index (χ4n) is 3.27. The van der Waals surface area contributed by atoms with Gasteiger partial charge in [0.1, 0.15) is 5.75 Å². The number of pyridine rings is 1. The summed E-state index contributed by atoms with van der Waals surface area (Å²) in [5.74, 6) is 0.370. The van der Waals surface area contributed by atoms with Crippen molar-refractivity contribution in [3.63, 3.8) is 0 Å². The molecule has 2 aromatic carbocycles. The van der Waals surface area contributed by atoms with E-state index in [9.17, 15) is 13.2 Å². The van der Waals surface area contributed by atoms with Crippen molar-refractivity contribution in [1.82, 2.24) is 9.97 Å². The molecule has 0 radical (unpaired) electrons. The molecule has 0 aliphatic heterocycles. The lowest BCUT2D eigenvalue weighted by Crippen LogP contribution is -2.30. The zero-order valence-electron chi connectivity index (χ0n) is 18.4. The summed E-state index contributed by atoms with van der Waals surface area (Å²) in [5, 5.41) is -0.0767. The first-order chi connectivity index (χ1) is 15.8. The van der Waals surface area contributed by atoms with Gasteiger partial charge in [-0.3, -0.25) is 14.7 Å². The van der Waals surface area contributed by atoms with Gasteiger partial charge in [0.15, 0.2) is 15.0 Å². The van der Waals surface area contributed by atoms with Crippen LogP contribution in [0.2, 0.25) is 0 Å². The minimum absolute atomic E-state index is 0.126. The normalized spacial score (nSPS) is 11.6. The van der Waals surface area contributed by atoms with Gasteiger partial charge < -0.3 is 4.74 Å². The summed E-state index contributed by atoms with van der Waals surface area (Å²) < 4.78 is 31.5. The summed E-state index contributed by atoms with van der Waals surface area (Å²) in [7, 11) is -1.92. The fraction of sp³-hybridized carbons (Fsp3) is 0.208. The highest BCUT2D eigenvalue weighted by atomic mass is 32.2. The number of aromatic nitrogens is 2. The van der Waals surface area contributed by atoms with Crippen molar-refractivity contribution in [3.05, 3.63) is 78.1 Å². The average Bonchev–Trinajstić information content (AvgIpc) is 3.25. The van der Waals surface area contributed by atoms with E-state index in [1.54, 1.807) is 50.4 Å². The molecule has 9 heteroatoms. The number of rotatable bonds is 7. The molecule has 0 N–H and O–H groups in total. The SMILES string of the molecule is COc1ccc2nc(N(Cc3ccncc3)C(=O)c3cccc(S(=O)(=O)C(C)C)c3)sc2c1. The van der Waals surface area contributed by atoms with E-state index in [1.165, 1.54) is 23.5 Å². The van der Waals surface area contributed by atoms with Gasteiger partial charge in [-0.25, -0.2) is 13.4 Å². The third kappa shape index (κ3) is 4.74. The van der Waals surface area contributed by atoms with Crippen LogP contribution in [0.1, 0.15) is 29.8 Å². The number of methoxy groups -OCH3 is 1. The molecule has 170 valence electrons. The van der Waals surface area contributed by atoms with Gasteiger partial charge in [0.25, 0.3) is 5.91 Å². The van der Waals surface area contributed by atoms with Crippen molar-refractivity contribution in [1.29, 1.82) is 0 Å². The van der Waals surface area contributed by atoms with Crippen molar-refractivity contribution in [2.75, 3.05) is 12.0 Å². The van der Waals surface area contributed by atoms with Crippen LogP contribution in [-0.2, 0) is 16.4 Å². The molecule has 33 heavy (non-hydrogen) atoms. The molecule has 0 fully saturated rings. The first-order valence-corrected chi connectivity index (χ1v) is 12.6. The Morgan fingerprint density at radius 2 is 1.85 bits per heavy atom. The largest absolute Gasteiger partial charge is 0.497 e. The summed E-state index contributed by atoms with van der Waals surface area (Å²) >= 11 is 1.37. The maximum absolute atomic E-state index is 13.7. The molecule has 0 aliphatic carbocycles. The van der Waals surface area contributed by atoms with Gasteiger partial charge in [0.05, 0.1) is 34.0 Å². The Hall–Kier alpha value is -3.30. The quantitative estimate of drug-likeness (QED) is 0.379. The average molecular weight is 482 g/mol. The lowest BCUT2D eigenvalue weighted by molar-refractivity contribution is 0.0985. The molecule has 0 saturated heterocycles. The van der Waals surface area contributed by atoms with Crippen LogP contribution in [0, 0.1) is 0 Å². The number of benzene rings is 2. The lowest BCUT2D eigenvalue weighted by Gasteiger charge is -2.20. The monoisotopic (exact) mass is 481 g/mol. The van der Waals surface area contributed by atoms with Gasteiger partial charge in [-0.1, -0.05) is 17.4 Å². The summed E-state index contributed by atoms with van der Waals surface area (Å²) in [4.78, 5) is 24.1. The van der Waals surface area contributed by atoms with Gasteiger partial charge >= 0.3 is 0 Å². The second-order valence-corrected chi connectivity index (χ2v) is 11.2. The van der Waals surface area contributed by atoms with Crippen molar-refractivity contribution in [2.24, 2.45) is 0 Å². The number of nitrogens with zero attached hydrogens (tertiary/aromatic N) is 3. The van der Waals surface area contributed by atoms with Crippen LogP contribution in [0.3, 0.4) is 0 Å². The van der Waals surface area contributed by atoms with Crippen molar-refractivity contribution < 1.29 is 17.9 Å². The van der Waals surface area contributed by atoms with Crippen molar-refractivity contribution in [3.8, 4) is 5.75 Å². The minimum atomic E-state index is -3.52. The zero-order valence-corrected chi connectivity index (χ0v) is 20.1. The van der Waals surface area contributed by atoms with Crippen LogP contribution < -0.4 is 9.64 Å².